The van der Waals surface area contributed by atoms with E-state index >= 15 is 0 Å². The second-order valence-electron chi connectivity index (χ2n) is 4.21. The summed E-state index contributed by atoms with van der Waals surface area (Å²) in [6.45, 7) is 3.34. The molecule has 1 aromatic rings. The fourth-order valence-electron chi connectivity index (χ4n) is 1.80. The van der Waals surface area contributed by atoms with Crippen molar-refractivity contribution >= 4 is 23.7 Å². The molecule has 8 nitrogen and oxygen atoms in total. The van der Waals surface area contributed by atoms with Crippen LogP contribution in [0.1, 0.15) is 20.3 Å². The van der Waals surface area contributed by atoms with Crippen molar-refractivity contribution in [1.29, 1.82) is 0 Å². The maximum absolute atomic E-state index is 12.3. The molecule has 0 atom stereocenters. The number of carbonyl (C=O) groups excluding carboxylic acids is 1. The minimum Gasteiger partial charge on any atom is -0.464 e. The minimum atomic E-state index is -0.507. The molecule has 1 rings (SSSR count). The molecule has 0 amide bonds. The lowest BCUT2D eigenvalue weighted by Gasteiger charge is -2.13. The van der Waals surface area contributed by atoms with Gasteiger partial charge in [0.15, 0.2) is 5.82 Å². The van der Waals surface area contributed by atoms with E-state index in [1.807, 2.05) is 0 Å². The lowest BCUT2D eigenvalue weighted by molar-refractivity contribution is -0.143. The Balaban J connectivity index is 3.23. The van der Waals surface area contributed by atoms with Crippen molar-refractivity contribution in [3.05, 3.63) is 20.8 Å². The summed E-state index contributed by atoms with van der Waals surface area (Å²) in [5, 5.41) is 2.75. The molecule has 0 spiro atoms. The highest BCUT2D eigenvalue weighted by Gasteiger charge is 2.15. The molecule has 0 aromatic carbocycles. The Morgan fingerprint density at radius 1 is 1.43 bits per heavy atom. The van der Waals surface area contributed by atoms with E-state index in [1.165, 1.54) is 17.8 Å². The van der Waals surface area contributed by atoms with Crippen LogP contribution in [0.3, 0.4) is 0 Å². The van der Waals surface area contributed by atoms with E-state index in [2.05, 4.69) is 10.3 Å². The smallest absolute Gasteiger partial charge is 0.332 e. The molecule has 0 fully saturated rings. The molecule has 0 aliphatic heterocycles. The van der Waals surface area contributed by atoms with Gasteiger partial charge in [-0.15, -0.1) is 0 Å². The number of carbonyl (C=O) groups is 1. The van der Waals surface area contributed by atoms with Crippen LogP contribution in [0.2, 0.25) is 0 Å². The number of nitrogens with one attached hydrogen (secondary N) is 1. The Labute approximate surface area is 122 Å². The van der Waals surface area contributed by atoms with E-state index in [9.17, 15) is 14.4 Å². The monoisotopic (exact) mass is 296 g/mol. The minimum absolute atomic E-state index is 0.00203. The Hall–Kier alpha value is -2.38. The van der Waals surface area contributed by atoms with Gasteiger partial charge in [-0.2, -0.15) is 0 Å². The summed E-state index contributed by atoms with van der Waals surface area (Å²) in [5.41, 5.74) is -0.780. The van der Waals surface area contributed by atoms with Crippen molar-refractivity contribution in [2.45, 2.75) is 26.8 Å². The largest absolute Gasteiger partial charge is 0.464 e. The molecule has 8 heteroatoms. The fourth-order valence-corrected chi connectivity index (χ4v) is 1.80. The lowest BCUT2D eigenvalue weighted by atomic mass is 10.4. The van der Waals surface area contributed by atoms with Gasteiger partial charge in [0.25, 0.3) is 5.56 Å². The zero-order valence-electron chi connectivity index (χ0n) is 12.7. The highest BCUT2D eigenvalue weighted by molar-refractivity contribution is 5.69. The number of aliphatic imine (C=N–C) groups is 1. The van der Waals surface area contributed by atoms with E-state index in [0.717, 1.165) is 4.57 Å². The maximum atomic E-state index is 12.3. The first kappa shape index (κ1) is 16.7. The standard InChI is InChI=1S/C13H20N4O4/c1-5-9(18)21-8-7-17-12(19)10(14-3)11(15-6-2)16(4)13(17)20/h6,14H,5,7-8H2,1-4H3. The molecule has 1 N–H and O–H groups in total. The fraction of sp³-hybridized carbons (Fsp3) is 0.538. The summed E-state index contributed by atoms with van der Waals surface area (Å²) in [4.78, 5) is 39.6. The molecule has 0 aliphatic carbocycles. The van der Waals surface area contributed by atoms with Gasteiger partial charge in [-0.05, 0) is 6.92 Å². The van der Waals surface area contributed by atoms with Crippen molar-refractivity contribution in [1.82, 2.24) is 9.13 Å². The van der Waals surface area contributed by atoms with E-state index < -0.39 is 11.2 Å². The zero-order chi connectivity index (χ0) is 16.0. The third-order valence-corrected chi connectivity index (χ3v) is 2.89. The number of hydrogen-bond acceptors (Lipinski definition) is 6. The summed E-state index contributed by atoms with van der Waals surface area (Å²) >= 11 is 0. The van der Waals surface area contributed by atoms with Gasteiger partial charge in [-0.1, -0.05) is 6.92 Å². The summed E-state index contributed by atoms with van der Waals surface area (Å²) in [6.07, 6.45) is 1.75. The number of hydrogen-bond donors (Lipinski definition) is 1. The molecule has 0 saturated carbocycles. The number of aromatic nitrogens is 2. The highest BCUT2D eigenvalue weighted by Crippen LogP contribution is 2.16. The second-order valence-corrected chi connectivity index (χ2v) is 4.21. The summed E-state index contributed by atoms with van der Waals surface area (Å²) in [7, 11) is 3.11. The summed E-state index contributed by atoms with van der Waals surface area (Å²) in [6, 6.07) is 0. The van der Waals surface area contributed by atoms with Crippen molar-refractivity contribution in [2.24, 2.45) is 12.0 Å². The van der Waals surface area contributed by atoms with Gasteiger partial charge in [0.05, 0.1) is 6.54 Å². The topological polar surface area (TPSA) is 94.7 Å². The van der Waals surface area contributed by atoms with E-state index in [0.29, 0.717) is 0 Å². The average molecular weight is 296 g/mol. The van der Waals surface area contributed by atoms with Crippen LogP contribution in [0.5, 0.6) is 0 Å². The highest BCUT2D eigenvalue weighted by atomic mass is 16.5. The Bertz CT molecular complexity index is 657. The first-order valence-electron chi connectivity index (χ1n) is 6.63. The van der Waals surface area contributed by atoms with Crippen LogP contribution in [0.15, 0.2) is 14.6 Å². The summed E-state index contributed by atoms with van der Waals surface area (Å²) in [5.74, 6) is -0.113. The van der Waals surface area contributed by atoms with E-state index in [4.69, 9.17) is 4.74 Å². The quantitative estimate of drug-likeness (QED) is 0.600. The first-order valence-corrected chi connectivity index (χ1v) is 6.63. The number of anilines is 1. The lowest BCUT2D eigenvalue weighted by Crippen LogP contribution is -2.41. The molecule has 21 heavy (non-hydrogen) atoms. The van der Waals surface area contributed by atoms with E-state index in [-0.39, 0.29) is 37.0 Å². The average Bonchev–Trinajstić information content (AvgIpc) is 2.48. The van der Waals surface area contributed by atoms with Crippen LogP contribution in [-0.4, -0.2) is 35.0 Å². The van der Waals surface area contributed by atoms with Crippen LogP contribution in [0.25, 0.3) is 0 Å². The van der Waals surface area contributed by atoms with Crippen LogP contribution < -0.4 is 16.6 Å². The second kappa shape index (κ2) is 7.41. The van der Waals surface area contributed by atoms with Gasteiger partial charge in [0.1, 0.15) is 12.3 Å². The zero-order valence-corrected chi connectivity index (χ0v) is 12.7. The molecule has 0 aliphatic rings. The van der Waals surface area contributed by atoms with Crippen LogP contribution in [0.4, 0.5) is 11.5 Å². The molecule has 1 aromatic heterocycles. The Morgan fingerprint density at radius 3 is 2.62 bits per heavy atom. The molecule has 0 unspecified atom stereocenters. The van der Waals surface area contributed by atoms with Gasteiger partial charge in [-0.25, -0.2) is 9.79 Å². The predicted octanol–water partition coefficient (Wildman–Crippen LogP) is 0.264. The third kappa shape index (κ3) is 3.59. The SMILES string of the molecule is CC=Nc1c(NC)c(=O)n(CCOC(=O)CC)c(=O)n1C. The molecule has 0 saturated heterocycles. The molecule has 1 heterocycles. The number of rotatable bonds is 6. The third-order valence-electron chi connectivity index (χ3n) is 2.89. The Kier molecular flexibility index (Phi) is 5.89. The van der Waals surface area contributed by atoms with Crippen molar-refractivity contribution in [3.8, 4) is 0 Å². The molecule has 0 bridgehead atoms. The molecule has 0 radical (unpaired) electrons. The molecular weight excluding hydrogens is 276 g/mol. The first-order chi connectivity index (χ1) is 9.97. The normalized spacial score (nSPS) is 10.9. The molecule has 116 valence electrons. The van der Waals surface area contributed by atoms with Crippen molar-refractivity contribution in [3.63, 3.8) is 0 Å². The van der Waals surface area contributed by atoms with Crippen LogP contribution >= 0.6 is 0 Å². The van der Waals surface area contributed by atoms with Gasteiger partial charge in [0.2, 0.25) is 0 Å². The van der Waals surface area contributed by atoms with Crippen LogP contribution in [-0.2, 0) is 23.1 Å². The van der Waals surface area contributed by atoms with Crippen molar-refractivity contribution in [2.75, 3.05) is 19.0 Å². The van der Waals surface area contributed by atoms with Gasteiger partial charge in [0, 0.05) is 26.7 Å². The van der Waals surface area contributed by atoms with Crippen LogP contribution in [0, 0.1) is 0 Å². The van der Waals surface area contributed by atoms with Gasteiger partial charge >= 0.3 is 11.7 Å². The predicted molar refractivity (Wildman–Crippen MR) is 80.6 cm³/mol. The van der Waals surface area contributed by atoms with Gasteiger partial charge < -0.3 is 10.1 Å². The van der Waals surface area contributed by atoms with Crippen molar-refractivity contribution < 1.29 is 9.53 Å². The summed E-state index contributed by atoms with van der Waals surface area (Å²) < 4.78 is 7.19. The molecular formula is C13H20N4O4. The van der Waals surface area contributed by atoms with Gasteiger partial charge in [-0.3, -0.25) is 18.7 Å². The van der Waals surface area contributed by atoms with E-state index in [1.54, 1.807) is 20.9 Å². The number of ether oxygens (including phenoxy) is 1. The number of nitrogens with zero attached hydrogens (tertiary/aromatic N) is 3. The number of esters is 1. The maximum Gasteiger partial charge on any atom is 0.332 e. The Morgan fingerprint density at radius 2 is 2.10 bits per heavy atom.